The topological polar surface area (TPSA) is 41.2 Å². The Kier molecular flexibility index (Phi) is 5.04. The molecule has 0 aliphatic heterocycles. The van der Waals surface area contributed by atoms with Crippen LogP contribution >= 0.6 is 0 Å². The highest BCUT2D eigenvalue weighted by atomic mass is 16.5. The smallest absolute Gasteiger partial charge is 0.151 e. The maximum Gasteiger partial charge on any atom is 0.151 e. The average Bonchev–Trinajstić information content (AvgIpc) is 3.00. The third-order valence-electron chi connectivity index (χ3n) is 3.50. The van der Waals surface area contributed by atoms with Gasteiger partial charge >= 0.3 is 0 Å². The lowest BCUT2D eigenvalue weighted by molar-refractivity contribution is 0.416. The molecule has 0 unspecified atom stereocenters. The van der Waals surface area contributed by atoms with Gasteiger partial charge in [-0.25, -0.2) is 0 Å². The zero-order chi connectivity index (χ0) is 14.4. The SMILES string of the molecule is CCCCCN(C)c1cccc(-c2ccn[nH]2)c1OC. The lowest BCUT2D eigenvalue weighted by Gasteiger charge is -2.23. The van der Waals surface area contributed by atoms with Crippen molar-refractivity contribution in [3.05, 3.63) is 30.5 Å². The second-order valence-corrected chi connectivity index (χ2v) is 4.96. The van der Waals surface area contributed by atoms with Gasteiger partial charge in [-0.2, -0.15) is 5.10 Å². The highest BCUT2D eigenvalue weighted by molar-refractivity contribution is 5.76. The van der Waals surface area contributed by atoms with Crippen LogP contribution in [0.15, 0.2) is 30.5 Å². The molecular weight excluding hydrogens is 250 g/mol. The van der Waals surface area contributed by atoms with Crippen LogP contribution in [0.5, 0.6) is 5.75 Å². The summed E-state index contributed by atoms with van der Waals surface area (Å²) in [6, 6.07) is 8.17. The molecule has 0 fully saturated rings. The van der Waals surface area contributed by atoms with Crippen LogP contribution in [0.1, 0.15) is 26.2 Å². The highest BCUT2D eigenvalue weighted by Crippen LogP contribution is 2.37. The normalized spacial score (nSPS) is 10.6. The molecule has 1 aromatic heterocycles. The first-order valence-corrected chi connectivity index (χ1v) is 7.15. The van der Waals surface area contributed by atoms with E-state index in [-0.39, 0.29) is 0 Å². The Morgan fingerprint density at radius 3 is 2.75 bits per heavy atom. The summed E-state index contributed by atoms with van der Waals surface area (Å²) in [7, 11) is 3.84. The Labute approximate surface area is 120 Å². The molecule has 0 amide bonds. The highest BCUT2D eigenvalue weighted by Gasteiger charge is 2.14. The molecule has 108 valence electrons. The van der Waals surface area contributed by atoms with Crippen LogP contribution in [0.2, 0.25) is 0 Å². The number of aromatic nitrogens is 2. The lowest BCUT2D eigenvalue weighted by Crippen LogP contribution is -2.19. The summed E-state index contributed by atoms with van der Waals surface area (Å²) in [6.07, 6.45) is 5.45. The van der Waals surface area contributed by atoms with Crippen molar-refractivity contribution in [2.24, 2.45) is 0 Å². The van der Waals surface area contributed by atoms with E-state index in [0.717, 1.165) is 29.2 Å². The number of nitrogens with zero attached hydrogens (tertiary/aromatic N) is 2. The van der Waals surface area contributed by atoms with Crippen LogP contribution in [0, 0.1) is 0 Å². The number of methoxy groups -OCH3 is 1. The molecule has 0 atom stereocenters. The summed E-state index contributed by atoms with van der Waals surface area (Å²) in [5.74, 6) is 0.899. The molecule has 1 heterocycles. The second kappa shape index (κ2) is 6.98. The van der Waals surface area contributed by atoms with E-state index in [2.05, 4.69) is 47.3 Å². The molecule has 0 aliphatic rings. The first kappa shape index (κ1) is 14.4. The zero-order valence-electron chi connectivity index (χ0n) is 12.5. The van der Waals surface area contributed by atoms with Gasteiger partial charge < -0.3 is 9.64 Å². The number of para-hydroxylation sites is 1. The summed E-state index contributed by atoms with van der Waals surface area (Å²) < 4.78 is 5.64. The number of unbranched alkanes of at least 4 members (excludes halogenated alkanes) is 2. The number of hydrogen-bond acceptors (Lipinski definition) is 3. The van der Waals surface area contributed by atoms with Gasteiger partial charge in [-0.05, 0) is 24.6 Å². The molecule has 0 spiro atoms. The summed E-state index contributed by atoms with van der Waals surface area (Å²) >= 11 is 0. The molecule has 2 rings (SSSR count). The molecule has 20 heavy (non-hydrogen) atoms. The molecule has 0 saturated heterocycles. The van der Waals surface area contributed by atoms with Gasteiger partial charge in [-0.1, -0.05) is 25.8 Å². The van der Waals surface area contributed by atoms with E-state index >= 15 is 0 Å². The monoisotopic (exact) mass is 273 g/mol. The summed E-state index contributed by atoms with van der Waals surface area (Å²) in [5, 5.41) is 7.01. The third kappa shape index (κ3) is 3.13. The number of ether oxygens (including phenoxy) is 1. The number of H-pyrrole nitrogens is 1. The van der Waals surface area contributed by atoms with Gasteiger partial charge in [0.05, 0.1) is 18.5 Å². The summed E-state index contributed by atoms with van der Waals surface area (Å²) in [5.41, 5.74) is 3.14. The van der Waals surface area contributed by atoms with Crippen LogP contribution in [0.25, 0.3) is 11.3 Å². The first-order chi connectivity index (χ1) is 9.77. The molecule has 2 aromatic rings. The molecule has 4 nitrogen and oxygen atoms in total. The quantitative estimate of drug-likeness (QED) is 0.782. The Morgan fingerprint density at radius 2 is 2.10 bits per heavy atom. The number of anilines is 1. The van der Waals surface area contributed by atoms with Crippen LogP contribution < -0.4 is 9.64 Å². The van der Waals surface area contributed by atoms with Gasteiger partial charge in [0, 0.05) is 25.4 Å². The largest absolute Gasteiger partial charge is 0.494 e. The van der Waals surface area contributed by atoms with Crippen LogP contribution in [0.3, 0.4) is 0 Å². The average molecular weight is 273 g/mol. The van der Waals surface area contributed by atoms with Gasteiger partial charge in [-0.3, -0.25) is 5.10 Å². The lowest BCUT2D eigenvalue weighted by atomic mass is 10.1. The van der Waals surface area contributed by atoms with E-state index in [4.69, 9.17) is 4.74 Å². The van der Waals surface area contributed by atoms with Gasteiger partial charge in [0.15, 0.2) is 5.75 Å². The van der Waals surface area contributed by atoms with E-state index in [1.54, 1.807) is 13.3 Å². The summed E-state index contributed by atoms with van der Waals surface area (Å²) in [6.45, 7) is 3.26. The van der Waals surface area contributed by atoms with E-state index in [9.17, 15) is 0 Å². The van der Waals surface area contributed by atoms with Crippen molar-refractivity contribution in [2.45, 2.75) is 26.2 Å². The van der Waals surface area contributed by atoms with Crippen LogP contribution in [-0.4, -0.2) is 30.9 Å². The fourth-order valence-corrected chi connectivity index (χ4v) is 2.38. The predicted octanol–water partition coefficient (Wildman–Crippen LogP) is 3.71. The Bertz CT molecular complexity index is 523. The zero-order valence-corrected chi connectivity index (χ0v) is 12.5. The molecule has 1 aromatic carbocycles. The van der Waals surface area contributed by atoms with Crippen LogP contribution in [-0.2, 0) is 0 Å². The molecule has 1 N–H and O–H groups in total. The molecule has 0 radical (unpaired) electrons. The number of aromatic amines is 1. The standard InChI is InChI=1S/C16H23N3O/c1-4-5-6-12-19(2)15-9-7-8-13(16(15)20-3)14-10-11-17-18-14/h7-11H,4-6,12H2,1-3H3,(H,17,18). The van der Waals surface area contributed by atoms with Crippen LogP contribution in [0.4, 0.5) is 5.69 Å². The fourth-order valence-electron chi connectivity index (χ4n) is 2.38. The maximum atomic E-state index is 5.64. The van der Waals surface area contributed by atoms with Gasteiger partial charge in [0.25, 0.3) is 0 Å². The number of hydrogen-bond donors (Lipinski definition) is 1. The number of rotatable bonds is 7. The Hall–Kier alpha value is -1.97. The van der Waals surface area contributed by atoms with Crippen molar-refractivity contribution in [2.75, 3.05) is 25.6 Å². The minimum atomic E-state index is 0.899. The van der Waals surface area contributed by atoms with Crippen molar-refractivity contribution in [1.29, 1.82) is 0 Å². The Morgan fingerprint density at radius 1 is 1.25 bits per heavy atom. The van der Waals surface area contributed by atoms with E-state index in [1.165, 1.54) is 19.3 Å². The minimum Gasteiger partial charge on any atom is -0.494 e. The second-order valence-electron chi connectivity index (χ2n) is 4.96. The number of benzene rings is 1. The molecular formula is C16H23N3O. The molecule has 4 heteroatoms. The van der Waals surface area contributed by atoms with Crippen molar-refractivity contribution in [3.63, 3.8) is 0 Å². The van der Waals surface area contributed by atoms with Gasteiger partial charge in [-0.15, -0.1) is 0 Å². The van der Waals surface area contributed by atoms with E-state index in [0.29, 0.717) is 0 Å². The molecule has 0 bridgehead atoms. The predicted molar refractivity (Wildman–Crippen MR) is 83.4 cm³/mol. The minimum absolute atomic E-state index is 0.899. The first-order valence-electron chi connectivity index (χ1n) is 7.15. The fraction of sp³-hybridized carbons (Fsp3) is 0.438. The van der Waals surface area contributed by atoms with Crippen molar-refractivity contribution in [1.82, 2.24) is 10.2 Å². The van der Waals surface area contributed by atoms with E-state index in [1.807, 2.05) is 6.07 Å². The van der Waals surface area contributed by atoms with Crippen molar-refractivity contribution < 1.29 is 4.74 Å². The maximum absolute atomic E-state index is 5.64. The van der Waals surface area contributed by atoms with Gasteiger partial charge in [0.2, 0.25) is 0 Å². The van der Waals surface area contributed by atoms with Crippen molar-refractivity contribution in [3.8, 4) is 17.0 Å². The summed E-state index contributed by atoms with van der Waals surface area (Å²) in [4.78, 5) is 2.26. The van der Waals surface area contributed by atoms with E-state index < -0.39 is 0 Å². The van der Waals surface area contributed by atoms with Gasteiger partial charge in [0.1, 0.15) is 0 Å². The molecule has 0 saturated carbocycles. The van der Waals surface area contributed by atoms with Crippen molar-refractivity contribution >= 4 is 5.69 Å². The Balaban J connectivity index is 2.27. The number of nitrogens with one attached hydrogen (secondary N) is 1. The third-order valence-corrected chi connectivity index (χ3v) is 3.50. The molecule has 0 aliphatic carbocycles.